The smallest absolute Gasteiger partial charge is 0.416 e. The Balaban J connectivity index is 1.50. The van der Waals surface area contributed by atoms with Gasteiger partial charge in [0.25, 0.3) is 0 Å². The third-order valence-corrected chi connectivity index (χ3v) is 5.36. The van der Waals surface area contributed by atoms with Crippen LogP contribution in [0.5, 0.6) is 5.75 Å². The van der Waals surface area contributed by atoms with Crippen LogP contribution < -0.4 is 9.64 Å². The number of halogens is 3. The molecular formula is C22H25F3N2O3. The second kappa shape index (κ2) is 9.36. The lowest BCUT2D eigenvalue weighted by atomic mass is 9.97. The maximum atomic E-state index is 12.9. The molecule has 0 bridgehead atoms. The van der Waals surface area contributed by atoms with Crippen LogP contribution >= 0.6 is 0 Å². The number of benzene rings is 1. The Hall–Kier alpha value is -2.77. The first-order valence-corrected chi connectivity index (χ1v) is 9.95. The molecule has 1 N–H and O–H groups in total. The zero-order chi connectivity index (χ0) is 21.7. The largest absolute Gasteiger partial charge is 0.493 e. The van der Waals surface area contributed by atoms with Crippen molar-refractivity contribution in [3.63, 3.8) is 0 Å². The van der Waals surface area contributed by atoms with Crippen molar-refractivity contribution in [2.75, 3.05) is 24.6 Å². The Labute approximate surface area is 173 Å². The van der Waals surface area contributed by atoms with Gasteiger partial charge in [-0.15, -0.1) is 0 Å². The highest BCUT2D eigenvalue weighted by atomic mass is 19.4. The van der Waals surface area contributed by atoms with Gasteiger partial charge in [0, 0.05) is 19.3 Å². The minimum atomic E-state index is -4.37. The van der Waals surface area contributed by atoms with E-state index in [1.165, 1.54) is 6.20 Å². The van der Waals surface area contributed by atoms with Crippen molar-refractivity contribution in [3.05, 3.63) is 53.7 Å². The molecule has 0 unspecified atom stereocenters. The zero-order valence-corrected chi connectivity index (χ0v) is 16.7. The van der Waals surface area contributed by atoms with Crippen molar-refractivity contribution in [2.24, 2.45) is 11.8 Å². The van der Waals surface area contributed by atoms with E-state index in [4.69, 9.17) is 9.84 Å². The Bertz CT molecular complexity index is 865. The normalized spacial score (nSPS) is 16.3. The molecule has 1 aliphatic rings. The predicted molar refractivity (Wildman–Crippen MR) is 107 cm³/mol. The minimum absolute atomic E-state index is 0.300. The van der Waals surface area contributed by atoms with Gasteiger partial charge in [0.1, 0.15) is 11.6 Å². The molecule has 8 heteroatoms. The predicted octanol–water partition coefficient (Wildman–Crippen LogP) is 4.66. The van der Waals surface area contributed by atoms with Gasteiger partial charge in [-0.05, 0) is 55.0 Å². The summed E-state index contributed by atoms with van der Waals surface area (Å²) >= 11 is 0. The fourth-order valence-electron chi connectivity index (χ4n) is 3.51. The summed E-state index contributed by atoms with van der Waals surface area (Å²) in [5, 5.41) is 9.05. The summed E-state index contributed by atoms with van der Waals surface area (Å²) in [6.07, 6.45) is -1.14. The summed E-state index contributed by atoms with van der Waals surface area (Å²) in [5.41, 5.74) is 0.225. The molecule has 1 aliphatic heterocycles. The summed E-state index contributed by atoms with van der Waals surface area (Å²) in [4.78, 5) is 17.0. The summed E-state index contributed by atoms with van der Waals surface area (Å²) in [5.74, 6) is 0.0579. The number of carboxylic acid groups (broad SMARTS) is 1. The molecule has 1 aromatic heterocycles. The van der Waals surface area contributed by atoms with Gasteiger partial charge in [0.2, 0.25) is 0 Å². The van der Waals surface area contributed by atoms with Crippen molar-refractivity contribution in [3.8, 4) is 5.75 Å². The lowest BCUT2D eigenvalue weighted by Gasteiger charge is -2.33. The second-order valence-electron chi connectivity index (χ2n) is 7.73. The number of piperidine rings is 1. The number of carboxylic acids is 1. The number of nitrogens with zero attached hydrogens (tertiary/aromatic N) is 2. The monoisotopic (exact) mass is 422 g/mol. The molecule has 0 amide bonds. The fraction of sp³-hybridized carbons (Fsp3) is 0.455. The van der Waals surface area contributed by atoms with Gasteiger partial charge < -0.3 is 14.7 Å². The Morgan fingerprint density at radius 1 is 1.27 bits per heavy atom. The molecule has 1 aromatic carbocycles. The number of hydrogen-bond donors (Lipinski definition) is 1. The first-order valence-electron chi connectivity index (χ1n) is 9.95. The lowest BCUT2D eigenvalue weighted by molar-refractivity contribution is -0.141. The average Bonchev–Trinajstić information content (AvgIpc) is 2.72. The molecule has 1 atom stereocenters. The fourth-order valence-corrected chi connectivity index (χ4v) is 3.51. The van der Waals surface area contributed by atoms with Crippen molar-refractivity contribution < 1.29 is 27.8 Å². The number of aliphatic carboxylic acids is 1. The molecule has 162 valence electrons. The molecular weight excluding hydrogens is 397 g/mol. The molecule has 0 saturated carbocycles. The van der Waals surface area contributed by atoms with Crippen molar-refractivity contribution in [1.82, 2.24) is 4.98 Å². The molecule has 5 nitrogen and oxygen atoms in total. The molecule has 30 heavy (non-hydrogen) atoms. The molecule has 2 aromatic rings. The molecule has 0 spiro atoms. The number of carbonyl (C=O) groups is 1. The minimum Gasteiger partial charge on any atom is -0.493 e. The van der Waals surface area contributed by atoms with E-state index in [0.29, 0.717) is 43.6 Å². The van der Waals surface area contributed by atoms with Crippen LogP contribution in [0.2, 0.25) is 0 Å². The summed E-state index contributed by atoms with van der Waals surface area (Å²) < 4.78 is 44.6. The van der Waals surface area contributed by atoms with Crippen molar-refractivity contribution >= 4 is 11.8 Å². The van der Waals surface area contributed by atoms with Gasteiger partial charge in [0.15, 0.2) is 0 Å². The van der Waals surface area contributed by atoms with Crippen LogP contribution in [0, 0.1) is 11.8 Å². The summed E-state index contributed by atoms with van der Waals surface area (Å²) in [6.45, 7) is 3.43. The number of pyridine rings is 1. The Morgan fingerprint density at radius 2 is 2.00 bits per heavy atom. The van der Waals surface area contributed by atoms with Crippen molar-refractivity contribution in [1.29, 1.82) is 0 Å². The van der Waals surface area contributed by atoms with E-state index in [1.54, 1.807) is 6.92 Å². The Morgan fingerprint density at radius 3 is 2.67 bits per heavy atom. The van der Waals surface area contributed by atoms with Crippen LogP contribution in [-0.2, 0) is 17.4 Å². The van der Waals surface area contributed by atoms with Crippen LogP contribution in [0.15, 0.2) is 42.6 Å². The molecule has 0 radical (unpaired) electrons. The number of alkyl halides is 3. The number of aromatic nitrogens is 1. The van der Waals surface area contributed by atoms with Gasteiger partial charge >= 0.3 is 12.1 Å². The average molecular weight is 422 g/mol. The SMILES string of the molecule is C[C@@H](Cc1cccc(OCC2CCN(c3cc(C(F)(F)F)ccn3)CC2)c1)C(=O)O. The van der Waals surface area contributed by atoms with E-state index < -0.39 is 23.6 Å². The van der Waals surface area contributed by atoms with Gasteiger partial charge in [-0.3, -0.25) is 4.79 Å². The van der Waals surface area contributed by atoms with Gasteiger partial charge in [-0.2, -0.15) is 13.2 Å². The maximum absolute atomic E-state index is 12.9. The Kier molecular flexibility index (Phi) is 6.84. The standard InChI is InChI=1S/C22H25F3N2O3/c1-15(21(28)29)11-17-3-2-4-19(12-17)30-14-16-6-9-27(10-7-16)20-13-18(5-8-26-20)22(23,24)25/h2-5,8,12-13,15-16H,6-7,9-11,14H2,1H3,(H,28,29)/t15-/m0/s1. The van der Waals surface area contributed by atoms with E-state index in [2.05, 4.69) is 4.98 Å². The van der Waals surface area contributed by atoms with Crippen molar-refractivity contribution in [2.45, 2.75) is 32.4 Å². The third-order valence-electron chi connectivity index (χ3n) is 5.36. The van der Waals surface area contributed by atoms with Crippen LogP contribution in [-0.4, -0.2) is 35.8 Å². The molecule has 1 saturated heterocycles. The van der Waals surface area contributed by atoms with E-state index >= 15 is 0 Å². The molecule has 3 rings (SSSR count). The van der Waals surface area contributed by atoms with Crippen LogP contribution in [0.3, 0.4) is 0 Å². The topological polar surface area (TPSA) is 62.7 Å². The lowest BCUT2D eigenvalue weighted by Crippen LogP contribution is -2.36. The van der Waals surface area contributed by atoms with Gasteiger partial charge in [0.05, 0.1) is 18.1 Å². The van der Waals surface area contributed by atoms with E-state index in [1.807, 2.05) is 29.2 Å². The highest BCUT2D eigenvalue weighted by Crippen LogP contribution is 2.32. The first-order chi connectivity index (χ1) is 14.2. The highest BCUT2D eigenvalue weighted by Gasteiger charge is 2.31. The van der Waals surface area contributed by atoms with Crippen LogP contribution in [0.25, 0.3) is 0 Å². The van der Waals surface area contributed by atoms with Crippen LogP contribution in [0.1, 0.15) is 30.9 Å². The number of ether oxygens (including phenoxy) is 1. The quantitative estimate of drug-likeness (QED) is 0.703. The van der Waals surface area contributed by atoms with E-state index in [0.717, 1.165) is 30.5 Å². The third kappa shape index (κ3) is 5.87. The molecule has 0 aliphatic carbocycles. The summed E-state index contributed by atoms with van der Waals surface area (Å²) in [6, 6.07) is 9.52. The zero-order valence-electron chi connectivity index (χ0n) is 16.7. The number of rotatable bonds is 7. The van der Waals surface area contributed by atoms with Crippen LogP contribution in [0.4, 0.5) is 19.0 Å². The van der Waals surface area contributed by atoms with E-state index in [9.17, 15) is 18.0 Å². The molecule has 2 heterocycles. The number of hydrogen-bond acceptors (Lipinski definition) is 4. The first kappa shape index (κ1) is 21.9. The highest BCUT2D eigenvalue weighted by molar-refractivity contribution is 5.69. The maximum Gasteiger partial charge on any atom is 0.416 e. The summed E-state index contributed by atoms with van der Waals surface area (Å²) in [7, 11) is 0. The second-order valence-corrected chi connectivity index (χ2v) is 7.73. The van der Waals surface area contributed by atoms with Gasteiger partial charge in [-0.1, -0.05) is 19.1 Å². The molecule has 1 fully saturated rings. The number of anilines is 1. The van der Waals surface area contributed by atoms with E-state index in [-0.39, 0.29) is 0 Å². The van der Waals surface area contributed by atoms with Gasteiger partial charge in [-0.25, -0.2) is 4.98 Å².